The molecule has 0 bridgehead atoms. The summed E-state index contributed by atoms with van der Waals surface area (Å²) in [5.41, 5.74) is 4.40. The van der Waals surface area contributed by atoms with E-state index in [2.05, 4.69) is 23.1 Å². The van der Waals surface area contributed by atoms with Crippen LogP contribution in [0.1, 0.15) is 11.1 Å². The third-order valence-corrected chi connectivity index (χ3v) is 3.42. The Morgan fingerprint density at radius 3 is 3.07 bits per heavy atom. The average Bonchev–Trinajstić information content (AvgIpc) is 2.64. The van der Waals surface area contributed by atoms with Crippen molar-refractivity contribution in [1.29, 1.82) is 0 Å². The van der Waals surface area contributed by atoms with Crippen LogP contribution >= 0.6 is 0 Å². The highest BCUT2D eigenvalue weighted by molar-refractivity contribution is 5.64. The molecule has 0 aliphatic carbocycles. The molecule has 0 saturated carbocycles. The summed E-state index contributed by atoms with van der Waals surface area (Å²) in [4.78, 5) is 2.44. The van der Waals surface area contributed by atoms with Gasteiger partial charge in [-0.2, -0.15) is 0 Å². The van der Waals surface area contributed by atoms with Crippen LogP contribution in [0.15, 0.2) is 18.2 Å². The van der Waals surface area contributed by atoms with Gasteiger partial charge in [0.1, 0.15) is 0 Å². The Morgan fingerprint density at radius 2 is 2.21 bits per heavy atom. The van der Waals surface area contributed by atoms with Crippen molar-refractivity contribution in [3.05, 3.63) is 29.3 Å². The quantitative estimate of drug-likeness (QED) is 0.718. The molecule has 0 spiro atoms. The lowest BCUT2D eigenvalue weighted by Crippen LogP contribution is -2.35. The fourth-order valence-electron chi connectivity index (χ4n) is 2.78. The van der Waals surface area contributed by atoms with Crippen LogP contribution < -0.4 is 4.90 Å². The van der Waals surface area contributed by atoms with Crippen LogP contribution in [0.3, 0.4) is 0 Å². The molecule has 2 heterocycles. The molecule has 2 nitrogen and oxygen atoms in total. The molecule has 0 radical (unpaired) electrons. The number of aliphatic hydroxyl groups excluding tert-OH is 1. The first kappa shape index (κ1) is 8.30. The molecule has 1 N–H and O–H groups in total. The number of hydrogen-bond donors (Lipinski definition) is 1. The molecular weight excluding hydrogens is 174 g/mol. The molecule has 3 rings (SSSR count). The monoisotopic (exact) mass is 189 g/mol. The van der Waals surface area contributed by atoms with Crippen molar-refractivity contribution in [1.82, 2.24) is 0 Å². The summed E-state index contributed by atoms with van der Waals surface area (Å²) < 4.78 is 0. The summed E-state index contributed by atoms with van der Waals surface area (Å²) in [5, 5.41) is 9.22. The second-order valence-electron chi connectivity index (χ2n) is 4.37. The first-order valence-corrected chi connectivity index (χ1v) is 5.35. The Balaban J connectivity index is 2.06. The van der Waals surface area contributed by atoms with E-state index in [1.54, 1.807) is 0 Å². The van der Waals surface area contributed by atoms with Gasteiger partial charge in [-0.1, -0.05) is 18.2 Å². The van der Waals surface area contributed by atoms with Crippen molar-refractivity contribution in [3.8, 4) is 0 Å². The van der Waals surface area contributed by atoms with E-state index in [9.17, 15) is 5.11 Å². The maximum atomic E-state index is 9.22. The third-order valence-electron chi connectivity index (χ3n) is 3.42. The van der Waals surface area contributed by atoms with Crippen LogP contribution in [0.5, 0.6) is 0 Å². The van der Waals surface area contributed by atoms with E-state index in [0.29, 0.717) is 12.5 Å². The van der Waals surface area contributed by atoms with Crippen molar-refractivity contribution in [3.63, 3.8) is 0 Å². The van der Waals surface area contributed by atoms with Gasteiger partial charge in [-0.25, -0.2) is 0 Å². The fourth-order valence-corrected chi connectivity index (χ4v) is 2.78. The number of hydrogen-bond acceptors (Lipinski definition) is 2. The molecule has 0 fully saturated rings. The highest BCUT2D eigenvalue weighted by atomic mass is 16.3. The van der Waals surface area contributed by atoms with Crippen molar-refractivity contribution in [2.75, 3.05) is 24.6 Å². The minimum absolute atomic E-state index is 0.320. The van der Waals surface area contributed by atoms with E-state index in [1.807, 2.05) is 0 Å². The molecule has 74 valence electrons. The van der Waals surface area contributed by atoms with Crippen molar-refractivity contribution < 1.29 is 5.11 Å². The zero-order valence-electron chi connectivity index (χ0n) is 8.24. The lowest BCUT2D eigenvalue weighted by atomic mass is 9.93. The molecule has 1 aromatic rings. The molecule has 0 saturated heterocycles. The van der Waals surface area contributed by atoms with E-state index < -0.39 is 0 Å². The normalized spacial score (nSPS) is 23.8. The maximum Gasteiger partial charge on any atom is 0.0479 e. The summed E-state index contributed by atoms with van der Waals surface area (Å²) in [7, 11) is 0. The van der Waals surface area contributed by atoms with Gasteiger partial charge in [-0.15, -0.1) is 0 Å². The summed E-state index contributed by atoms with van der Waals surface area (Å²) in [5.74, 6) is 0.441. The van der Waals surface area contributed by atoms with Crippen LogP contribution in [-0.2, 0) is 12.8 Å². The van der Waals surface area contributed by atoms with Crippen LogP contribution in [0.4, 0.5) is 5.69 Å². The molecular formula is C12H15NO. The smallest absolute Gasteiger partial charge is 0.0479 e. The molecule has 2 heteroatoms. The maximum absolute atomic E-state index is 9.22. The Hall–Kier alpha value is -1.02. The van der Waals surface area contributed by atoms with Gasteiger partial charge in [0.25, 0.3) is 0 Å². The molecule has 14 heavy (non-hydrogen) atoms. The standard InChI is InChI=1S/C12H15NO/c14-8-9-6-11-3-1-2-10-4-5-13(7-9)12(10)11/h1-3,9,14H,4-8H2. The molecule has 0 amide bonds. The van der Waals surface area contributed by atoms with Gasteiger partial charge in [0, 0.05) is 31.3 Å². The Morgan fingerprint density at radius 1 is 1.36 bits per heavy atom. The zero-order valence-corrected chi connectivity index (χ0v) is 8.24. The van der Waals surface area contributed by atoms with Gasteiger partial charge in [-0.05, 0) is 24.0 Å². The van der Waals surface area contributed by atoms with Crippen molar-refractivity contribution in [2.45, 2.75) is 12.8 Å². The average molecular weight is 189 g/mol. The van der Waals surface area contributed by atoms with E-state index in [1.165, 1.54) is 23.2 Å². The minimum atomic E-state index is 0.320. The zero-order chi connectivity index (χ0) is 9.54. The molecule has 1 unspecified atom stereocenters. The Labute approximate surface area is 84.2 Å². The number of benzene rings is 1. The first-order chi connectivity index (χ1) is 6.88. The van der Waals surface area contributed by atoms with E-state index in [4.69, 9.17) is 0 Å². The predicted molar refractivity (Wildman–Crippen MR) is 56.6 cm³/mol. The van der Waals surface area contributed by atoms with Gasteiger partial charge < -0.3 is 10.0 Å². The summed E-state index contributed by atoms with van der Waals surface area (Å²) in [6, 6.07) is 6.59. The molecule has 1 aromatic carbocycles. The van der Waals surface area contributed by atoms with E-state index in [-0.39, 0.29) is 0 Å². The van der Waals surface area contributed by atoms with Gasteiger partial charge in [0.15, 0.2) is 0 Å². The van der Waals surface area contributed by atoms with Gasteiger partial charge in [-0.3, -0.25) is 0 Å². The van der Waals surface area contributed by atoms with Gasteiger partial charge >= 0.3 is 0 Å². The van der Waals surface area contributed by atoms with Gasteiger partial charge in [0.05, 0.1) is 0 Å². The number of anilines is 1. The SMILES string of the molecule is OCC1Cc2cccc3c2N(CC3)C1. The molecule has 0 aromatic heterocycles. The van der Waals surface area contributed by atoms with Crippen LogP contribution in [-0.4, -0.2) is 24.8 Å². The highest BCUT2D eigenvalue weighted by Crippen LogP contribution is 2.37. The van der Waals surface area contributed by atoms with E-state index in [0.717, 1.165) is 19.5 Å². The number of rotatable bonds is 1. The van der Waals surface area contributed by atoms with Crippen molar-refractivity contribution >= 4 is 5.69 Å². The Bertz CT molecular complexity index is 361. The lowest BCUT2D eigenvalue weighted by Gasteiger charge is -2.32. The van der Waals surface area contributed by atoms with Gasteiger partial charge in [0.2, 0.25) is 0 Å². The van der Waals surface area contributed by atoms with Crippen LogP contribution in [0.2, 0.25) is 0 Å². The topological polar surface area (TPSA) is 23.5 Å². The minimum Gasteiger partial charge on any atom is -0.396 e. The third kappa shape index (κ3) is 1.07. The lowest BCUT2D eigenvalue weighted by molar-refractivity contribution is 0.225. The number of nitrogens with zero attached hydrogens (tertiary/aromatic N) is 1. The van der Waals surface area contributed by atoms with Crippen LogP contribution in [0, 0.1) is 5.92 Å². The molecule has 1 atom stereocenters. The Kier molecular flexibility index (Phi) is 1.77. The predicted octanol–water partition coefficient (Wildman–Crippen LogP) is 1.21. The largest absolute Gasteiger partial charge is 0.396 e. The summed E-state index contributed by atoms with van der Waals surface area (Å²) >= 11 is 0. The summed E-state index contributed by atoms with van der Waals surface area (Å²) in [6.45, 7) is 2.50. The first-order valence-electron chi connectivity index (χ1n) is 5.35. The second kappa shape index (κ2) is 2.99. The molecule has 2 aliphatic heterocycles. The van der Waals surface area contributed by atoms with Crippen LogP contribution in [0.25, 0.3) is 0 Å². The second-order valence-corrected chi connectivity index (χ2v) is 4.37. The number of aliphatic hydroxyl groups is 1. The fraction of sp³-hybridized carbons (Fsp3) is 0.500. The van der Waals surface area contributed by atoms with Crippen molar-refractivity contribution in [2.24, 2.45) is 5.92 Å². The summed E-state index contributed by atoms with van der Waals surface area (Å²) in [6.07, 6.45) is 2.23. The highest BCUT2D eigenvalue weighted by Gasteiger charge is 2.29. The molecule has 2 aliphatic rings. The number of para-hydroxylation sites is 1. The van der Waals surface area contributed by atoms with E-state index >= 15 is 0 Å².